The first-order chi connectivity index (χ1) is 10.8. The van der Waals surface area contributed by atoms with Crippen LogP contribution in [0.25, 0.3) is 0 Å². The van der Waals surface area contributed by atoms with Gasteiger partial charge in [-0.15, -0.1) is 0 Å². The zero-order valence-electron chi connectivity index (χ0n) is 14.7. The molecular weight excluding hydrogens is 288 g/mol. The summed E-state index contributed by atoms with van der Waals surface area (Å²) in [6, 6.07) is 0. The highest BCUT2D eigenvalue weighted by atomic mass is 16.6. The van der Waals surface area contributed by atoms with Gasteiger partial charge in [-0.05, 0) is 80.5 Å². The quantitative estimate of drug-likeness (QED) is 0.697. The molecule has 3 heteroatoms. The van der Waals surface area contributed by atoms with E-state index in [-0.39, 0.29) is 17.1 Å². The molecule has 1 N–H and O–H groups in total. The number of aliphatic hydroxyl groups is 1. The van der Waals surface area contributed by atoms with E-state index < -0.39 is 5.60 Å². The van der Waals surface area contributed by atoms with Crippen LogP contribution in [-0.2, 0) is 9.53 Å². The average molecular weight is 318 g/mol. The largest absolute Gasteiger partial charge is 0.390 e. The molecule has 5 aliphatic rings. The van der Waals surface area contributed by atoms with Gasteiger partial charge in [-0.2, -0.15) is 0 Å². The van der Waals surface area contributed by atoms with E-state index in [1.54, 1.807) is 0 Å². The summed E-state index contributed by atoms with van der Waals surface area (Å²) in [5.74, 6) is 3.65. The number of epoxide rings is 1. The fraction of sp³-hybridized carbons (Fsp3) is 0.950. The van der Waals surface area contributed by atoms with Crippen molar-refractivity contribution in [1.29, 1.82) is 0 Å². The normalized spacial score (nSPS) is 63.7. The van der Waals surface area contributed by atoms with Gasteiger partial charge in [-0.25, -0.2) is 0 Å². The van der Waals surface area contributed by atoms with Gasteiger partial charge in [0.25, 0.3) is 0 Å². The molecule has 5 fully saturated rings. The summed E-state index contributed by atoms with van der Waals surface area (Å²) in [7, 11) is 0. The van der Waals surface area contributed by atoms with Gasteiger partial charge in [0, 0.05) is 6.42 Å². The van der Waals surface area contributed by atoms with E-state index in [0.29, 0.717) is 29.5 Å². The maximum atomic E-state index is 12.1. The summed E-state index contributed by atoms with van der Waals surface area (Å²) < 4.78 is 6.08. The molecule has 0 aromatic heterocycles. The predicted octanol–water partition coefficient (Wildman–Crippen LogP) is 3.34. The molecule has 0 radical (unpaired) electrons. The Balaban J connectivity index is 1.51. The fourth-order valence-electron chi connectivity index (χ4n) is 7.76. The lowest BCUT2D eigenvalue weighted by atomic mass is 9.47. The first kappa shape index (κ1) is 14.9. The van der Waals surface area contributed by atoms with Gasteiger partial charge in [0.05, 0.1) is 5.60 Å². The van der Waals surface area contributed by atoms with Crippen LogP contribution in [0.5, 0.6) is 0 Å². The summed E-state index contributed by atoms with van der Waals surface area (Å²) in [5, 5.41) is 11.0. The van der Waals surface area contributed by atoms with Crippen LogP contribution >= 0.6 is 0 Å². The van der Waals surface area contributed by atoms with E-state index >= 15 is 0 Å². The third-order valence-corrected chi connectivity index (χ3v) is 9.11. The van der Waals surface area contributed by atoms with Gasteiger partial charge >= 0.3 is 0 Å². The molecule has 1 aliphatic heterocycles. The van der Waals surface area contributed by atoms with Crippen molar-refractivity contribution in [3.63, 3.8) is 0 Å². The second-order valence-corrected chi connectivity index (χ2v) is 9.86. The number of hydrogen-bond acceptors (Lipinski definition) is 3. The standard InChI is InChI=1S/C20H30O3/c1-11-10-20-13(4-5-15(21)17(20)23-20)12-6-8-18(2)14(16(11)12)7-9-19(18,3)22/h11-14,16-17,22H,4-10H2,1-3H3. The maximum absolute atomic E-state index is 12.1. The number of ketones is 1. The number of hydrogen-bond donors (Lipinski definition) is 1. The first-order valence-corrected chi connectivity index (χ1v) is 9.73. The number of rotatable bonds is 0. The van der Waals surface area contributed by atoms with Crippen LogP contribution in [0.2, 0.25) is 0 Å². The van der Waals surface area contributed by atoms with E-state index in [1.165, 1.54) is 12.8 Å². The topological polar surface area (TPSA) is 49.8 Å². The summed E-state index contributed by atoms with van der Waals surface area (Å²) in [6.07, 6.45) is 7.28. The van der Waals surface area contributed by atoms with E-state index in [1.807, 2.05) is 0 Å². The molecule has 1 spiro atoms. The number of carbonyl (C=O) groups excluding carboxylic acids is 1. The Labute approximate surface area is 139 Å². The Morgan fingerprint density at radius 2 is 1.91 bits per heavy atom. The molecule has 3 nitrogen and oxygen atoms in total. The average Bonchev–Trinajstić information content (AvgIpc) is 3.15. The Bertz CT molecular complexity index is 569. The molecule has 0 aromatic rings. The van der Waals surface area contributed by atoms with Crippen molar-refractivity contribution in [1.82, 2.24) is 0 Å². The monoisotopic (exact) mass is 318 g/mol. The van der Waals surface area contributed by atoms with Crippen molar-refractivity contribution in [2.75, 3.05) is 0 Å². The van der Waals surface area contributed by atoms with E-state index in [4.69, 9.17) is 4.74 Å². The molecule has 9 unspecified atom stereocenters. The van der Waals surface area contributed by atoms with Crippen LogP contribution in [0.3, 0.4) is 0 Å². The number of ether oxygens (including phenoxy) is 1. The van der Waals surface area contributed by atoms with Crippen molar-refractivity contribution in [2.24, 2.45) is 35.0 Å². The van der Waals surface area contributed by atoms with Gasteiger partial charge in [0.2, 0.25) is 0 Å². The highest BCUT2D eigenvalue weighted by Crippen LogP contribution is 2.70. The van der Waals surface area contributed by atoms with E-state index in [0.717, 1.165) is 38.0 Å². The molecule has 0 bridgehead atoms. The van der Waals surface area contributed by atoms with Gasteiger partial charge < -0.3 is 9.84 Å². The molecule has 4 saturated carbocycles. The van der Waals surface area contributed by atoms with Crippen LogP contribution in [0, 0.1) is 35.0 Å². The second-order valence-electron chi connectivity index (χ2n) is 9.86. The molecule has 0 aromatic carbocycles. The third kappa shape index (κ3) is 1.62. The predicted molar refractivity (Wildman–Crippen MR) is 86.8 cm³/mol. The number of Topliss-reactive ketones (excluding diaryl/α,β-unsaturated/α-hetero) is 1. The fourth-order valence-corrected chi connectivity index (χ4v) is 7.76. The van der Waals surface area contributed by atoms with Crippen molar-refractivity contribution in [2.45, 2.75) is 83.0 Å². The summed E-state index contributed by atoms with van der Waals surface area (Å²) in [4.78, 5) is 12.1. The molecule has 0 amide bonds. The van der Waals surface area contributed by atoms with E-state index in [9.17, 15) is 9.90 Å². The summed E-state index contributed by atoms with van der Waals surface area (Å²) in [5.41, 5.74) is -0.495. The van der Waals surface area contributed by atoms with E-state index in [2.05, 4.69) is 20.8 Å². The zero-order chi connectivity index (χ0) is 16.2. The van der Waals surface area contributed by atoms with Crippen molar-refractivity contribution < 1.29 is 14.6 Å². The van der Waals surface area contributed by atoms with Crippen molar-refractivity contribution in [3.8, 4) is 0 Å². The van der Waals surface area contributed by atoms with Gasteiger partial charge in [0.15, 0.2) is 5.78 Å². The molecule has 4 aliphatic carbocycles. The smallest absolute Gasteiger partial charge is 0.164 e. The van der Waals surface area contributed by atoms with Gasteiger partial charge in [0.1, 0.15) is 11.7 Å². The van der Waals surface area contributed by atoms with Crippen LogP contribution in [0.15, 0.2) is 0 Å². The second kappa shape index (κ2) is 4.22. The Morgan fingerprint density at radius 3 is 2.70 bits per heavy atom. The van der Waals surface area contributed by atoms with Crippen LogP contribution < -0.4 is 0 Å². The Hall–Kier alpha value is -0.410. The Kier molecular flexibility index (Phi) is 2.73. The highest BCUT2D eigenvalue weighted by Gasteiger charge is 2.73. The minimum atomic E-state index is -0.501. The number of carbonyl (C=O) groups is 1. The summed E-state index contributed by atoms with van der Waals surface area (Å²) >= 11 is 0. The number of fused-ring (bicyclic) bond motifs is 4. The molecule has 9 atom stereocenters. The third-order valence-electron chi connectivity index (χ3n) is 9.11. The molecule has 1 heterocycles. The SMILES string of the molecule is CC1CC23OC2C(=O)CCC3C2CCC3(C)C(CCC3(C)O)C12. The lowest BCUT2D eigenvalue weighted by molar-refractivity contribution is -0.138. The first-order valence-electron chi connectivity index (χ1n) is 9.73. The molecular formula is C20H30O3. The zero-order valence-corrected chi connectivity index (χ0v) is 14.7. The van der Waals surface area contributed by atoms with Crippen molar-refractivity contribution in [3.05, 3.63) is 0 Å². The minimum Gasteiger partial charge on any atom is -0.390 e. The molecule has 128 valence electrons. The van der Waals surface area contributed by atoms with Crippen LogP contribution in [0.1, 0.15) is 65.7 Å². The molecule has 5 rings (SSSR count). The Morgan fingerprint density at radius 1 is 1.13 bits per heavy atom. The molecule has 1 saturated heterocycles. The molecule has 23 heavy (non-hydrogen) atoms. The van der Waals surface area contributed by atoms with Gasteiger partial charge in [-0.3, -0.25) is 4.79 Å². The van der Waals surface area contributed by atoms with Crippen molar-refractivity contribution >= 4 is 5.78 Å². The lowest BCUT2D eigenvalue weighted by Gasteiger charge is -2.58. The summed E-state index contributed by atoms with van der Waals surface area (Å²) in [6.45, 7) is 6.81. The van der Waals surface area contributed by atoms with Crippen LogP contribution in [-0.4, -0.2) is 28.2 Å². The van der Waals surface area contributed by atoms with Gasteiger partial charge in [-0.1, -0.05) is 13.8 Å². The highest BCUT2D eigenvalue weighted by molar-refractivity contribution is 5.88. The van der Waals surface area contributed by atoms with Crippen LogP contribution in [0.4, 0.5) is 0 Å². The minimum absolute atomic E-state index is 0.0651. The maximum Gasteiger partial charge on any atom is 0.164 e. The lowest BCUT2D eigenvalue weighted by Crippen LogP contribution is -2.57.